The van der Waals surface area contributed by atoms with Crippen LogP contribution >= 0.6 is 11.3 Å². The van der Waals surface area contributed by atoms with Gasteiger partial charge in [0, 0.05) is 37.0 Å². The van der Waals surface area contributed by atoms with Gasteiger partial charge in [-0.2, -0.15) is 0 Å². The highest BCUT2D eigenvalue weighted by Gasteiger charge is 2.53. The molecule has 0 N–H and O–H groups in total. The molecule has 0 saturated heterocycles. The Morgan fingerprint density at radius 2 is 0.845 bits per heavy atom. The van der Waals surface area contributed by atoms with E-state index >= 15 is 0 Å². The van der Waals surface area contributed by atoms with Crippen molar-refractivity contribution in [2.24, 2.45) is 0 Å². The number of hydrogen-bond acceptors (Lipinski definition) is 2. The molecule has 0 aliphatic heterocycles. The first-order chi connectivity index (χ1) is 34.5. The Morgan fingerprint density at radius 3 is 1.52 bits per heavy atom. The quantitative estimate of drug-likeness (QED) is 0.161. The van der Waals surface area contributed by atoms with E-state index in [1.807, 2.05) is 11.3 Å². The zero-order chi connectivity index (χ0) is 48.2. The minimum Gasteiger partial charge on any atom is -0.309 e. The van der Waals surface area contributed by atoms with Gasteiger partial charge in [0.25, 0.3) is 0 Å². The van der Waals surface area contributed by atoms with E-state index in [2.05, 4.69) is 271 Å². The third-order valence-corrected chi connectivity index (χ3v) is 16.6. The van der Waals surface area contributed by atoms with Crippen LogP contribution in [0.2, 0.25) is 0 Å². The van der Waals surface area contributed by atoms with Gasteiger partial charge in [-0.05, 0) is 119 Å². The Labute approximate surface area is 422 Å². The summed E-state index contributed by atoms with van der Waals surface area (Å²) in [7, 11) is 0. The van der Waals surface area contributed by atoms with E-state index in [1.165, 1.54) is 109 Å². The van der Waals surface area contributed by atoms with Crippen LogP contribution in [-0.2, 0) is 16.2 Å². The van der Waals surface area contributed by atoms with Crippen molar-refractivity contribution in [1.82, 2.24) is 0 Å². The fraction of sp³-hybridized carbons (Fsp3) is 0.130. The SMILES string of the molecule is CC(C)(C)c1ccc2c(c1)C1(c3cc(C(C)(C)C)ccc3-2)c2ccccc2-c2c(N(c3ccc4c(c3)sc3ccccc34)c3ccccc3-c3ccccc3-c3ccccc3-c3ccccc3)cccc21. The van der Waals surface area contributed by atoms with Crippen molar-refractivity contribution in [2.45, 2.75) is 57.8 Å². The minimum atomic E-state index is -0.538. The highest BCUT2D eigenvalue weighted by atomic mass is 32.1. The standard InChI is InChI=1S/C69H55NS/c1-67(2,3)45-35-38-52-53-39-36-46(68(4,5)6)42-61(53)69(60(52)41-45)58-30-17-14-29-57(58)66-59(69)31-20-33-63(66)70(47-37-40-56-55-28-16-19-34-64(55)71-65(56)43-47)62-32-18-15-27-54(62)51-26-13-12-25-50(51)49-24-11-10-23-48(49)44-21-8-7-9-22-44/h7-43H,1-6H3. The van der Waals surface area contributed by atoms with E-state index in [1.54, 1.807) is 0 Å². The van der Waals surface area contributed by atoms with Gasteiger partial charge >= 0.3 is 0 Å². The Kier molecular flexibility index (Phi) is 9.83. The molecule has 0 fully saturated rings. The lowest BCUT2D eigenvalue weighted by Gasteiger charge is -2.34. The number of anilines is 3. The van der Waals surface area contributed by atoms with Gasteiger partial charge in [-0.3, -0.25) is 0 Å². The normalized spacial score (nSPS) is 13.3. The van der Waals surface area contributed by atoms with Gasteiger partial charge in [-0.25, -0.2) is 0 Å². The van der Waals surface area contributed by atoms with Crippen molar-refractivity contribution >= 4 is 48.6 Å². The maximum absolute atomic E-state index is 2.58. The van der Waals surface area contributed by atoms with Crippen LogP contribution in [0, 0.1) is 0 Å². The molecule has 0 bridgehead atoms. The van der Waals surface area contributed by atoms with Gasteiger partial charge in [0.15, 0.2) is 0 Å². The van der Waals surface area contributed by atoms with Gasteiger partial charge in [-0.1, -0.05) is 236 Å². The summed E-state index contributed by atoms with van der Waals surface area (Å²) in [6.45, 7) is 14.1. The van der Waals surface area contributed by atoms with E-state index in [4.69, 9.17) is 0 Å². The summed E-state index contributed by atoms with van der Waals surface area (Å²) in [5, 5.41) is 2.59. The molecule has 0 unspecified atom stereocenters. The average molecular weight is 930 g/mol. The monoisotopic (exact) mass is 929 g/mol. The maximum Gasteiger partial charge on any atom is 0.0726 e. The van der Waals surface area contributed by atoms with Crippen molar-refractivity contribution in [1.29, 1.82) is 0 Å². The highest BCUT2D eigenvalue weighted by molar-refractivity contribution is 7.25. The van der Waals surface area contributed by atoms with Crippen LogP contribution in [-0.4, -0.2) is 0 Å². The largest absolute Gasteiger partial charge is 0.309 e. The van der Waals surface area contributed by atoms with E-state index in [0.717, 1.165) is 17.1 Å². The lowest BCUT2D eigenvalue weighted by molar-refractivity contribution is 0.586. The minimum absolute atomic E-state index is 0.0337. The van der Waals surface area contributed by atoms with Crippen LogP contribution in [0.5, 0.6) is 0 Å². The summed E-state index contributed by atoms with van der Waals surface area (Å²) >= 11 is 1.88. The van der Waals surface area contributed by atoms with Crippen molar-refractivity contribution < 1.29 is 0 Å². The maximum atomic E-state index is 2.58. The molecule has 2 aliphatic carbocycles. The van der Waals surface area contributed by atoms with Gasteiger partial charge in [0.2, 0.25) is 0 Å². The predicted molar refractivity (Wildman–Crippen MR) is 304 cm³/mol. The molecule has 71 heavy (non-hydrogen) atoms. The number of para-hydroxylation sites is 1. The lowest BCUT2D eigenvalue weighted by atomic mass is 9.69. The zero-order valence-corrected chi connectivity index (χ0v) is 42.0. The van der Waals surface area contributed by atoms with Gasteiger partial charge in [0.05, 0.1) is 16.8 Å². The summed E-state index contributed by atoms with van der Waals surface area (Å²) in [6.07, 6.45) is 0. The second-order valence-electron chi connectivity index (χ2n) is 21.6. The number of hydrogen-bond donors (Lipinski definition) is 0. The Bertz CT molecular complexity index is 3850. The fourth-order valence-corrected chi connectivity index (χ4v) is 13.2. The van der Waals surface area contributed by atoms with Crippen LogP contribution in [0.15, 0.2) is 224 Å². The first-order valence-corrected chi connectivity index (χ1v) is 25.9. The van der Waals surface area contributed by atoms with Crippen LogP contribution in [0.1, 0.15) is 74.9 Å². The number of fused-ring (bicyclic) bond motifs is 13. The molecule has 1 aromatic heterocycles. The van der Waals surface area contributed by atoms with Crippen LogP contribution in [0.4, 0.5) is 17.1 Å². The van der Waals surface area contributed by atoms with Crippen molar-refractivity contribution in [3.63, 3.8) is 0 Å². The lowest BCUT2D eigenvalue weighted by Crippen LogP contribution is -2.27. The van der Waals surface area contributed by atoms with Crippen LogP contribution < -0.4 is 4.90 Å². The van der Waals surface area contributed by atoms with E-state index in [-0.39, 0.29) is 10.8 Å². The molecule has 11 aromatic rings. The van der Waals surface area contributed by atoms with Gasteiger partial charge in [0.1, 0.15) is 0 Å². The Morgan fingerprint density at radius 1 is 0.338 bits per heavy atom. The molecule has 2 heteroatoms. The molecule has 0 saturated carbocycles. The number of thiophene rings is 1. The van der Waals surface area contributed by atoms with E-state index in [9.17, 15) is 0 Å². The molecule has 0 radical (unpaired) electrons. The molecular formula is C69H55NS. The topological polar surface area (TPSA) is 3.24 Å². The number of rotatable bonds is 6. The Balaban J connectivity index is 1.11. The van der Waals surface area contributed by atoms with Crippen molar-refractivity contribution in [3.8, 4) is 55.6 Å². The fourth-order valence-electron chi connectivity index (χ4n) is 12.0. The molecule has 1 heterocycles. The first-order valence-electron chi connectivity index (χ1n) is 25.1. The number of benzene rings is 10. The predicted octanol–water partition coefficient (Wildman–Crippen LogP) is 19.5. The number of nitrogens with zero attached hydrogens (tertiary/aromatic N) is 1. The first kappa shape index (κ1) is 43.3. The van der Waals surface area contributed by atoms with Gasteiger partial charge in [-0.15, -0.1) is 11.3 Å². The smallest absolute Gasteiger partial charge is 0.0726 e. The zero-order valence-electron chi connectivity index (χ0n) is 41.2. The van der Waals surface area contributed by atoms with Crippen molar-refractivity contribution in [2.75, 3.05) is 4.90 Å². The second kappa shape index (κ2) is 16.1. The molecule has 0 amide bonds. The molecule has 1 nitrogen and oxygen atoms in total. The third kappa shape index (κ3) is 6.65. The third-order valence-electron chi connectivity index (χ3n) is 15.4. The van der Waals surface area contributed by atoms with Crippen LogP contribution in [0.25, 0.3) is 75.8 Å². The van der Waals surface area contributed by atoms with E-state index in [0.29, 0.717) is 0 Å². The molecule has 342 valence electrons. The Hall–Kier alpha value is -7.78. The van der Waals surface area contributed by atoms with Crippen LogP contribution in [0.3, 0.4) is 0 Å². The second-order valence-corrected chi connectivity index (χ2v) is 22.7. The van der Waals surface area contributed by atoms with E-state index < -0.39 is 5.41 Å². The highest BCUT2D eigenvalue weighted by Crippen LogP contribution is 2.65. The molecule has 1 spiro atoms. The summed E-state index contributed by atoms with van der Waals surface area (Å²) in [6, 6.07) is 84.9. The van der Waals surface area contributed by atoms with Crippen molar-refractivity contribution in [3.05, 3.63) is 258 Å². The summed E-state index contributed by atoms with van der Waals surface area (Å²) in [4.78, 5) is 2.58. The summed E-state index contributed by atoms with van der Waals surface area (Å²) in [5.41, 5.74) is 23.3. The molecule has 0 atom stereocenters. The molecular weight excluding hydrogens is 875 g/mol. The average Bonchev–Trinajstić information content (AvgIpc) is 4.03. The molecule has 10 aromatic carbocycles. The molecule has 13 rings (SSSR count). The summed E-state index contributed by atoms with van der Waals surface area (Å²) < 4.78 is 2.58. The molecule has 2 aliphatic rings. The van der Waals surface area contributed by atoms with Gasteiger partial charge < -0.3 is 4.90 Å². The summed E-state index contributed by atoms with van der Waals surface area (Å²) in [5.74, 6) is 0.